The number of likely N-dealkylation sites (tertiary alicyclic amines) is 1. The maximum atomic E-state index is 13.0. The van der Waals surface area contributed by atoms with Crippen molar-refractivity contribution in [3.8, 4) is 0 Å². The van der Waals surface area contributed by atoms with Gasteiger partial charge in [0.15, 0.2) is 0 Å². The highest BCUT2D eigenvalue weighted by Gasteiger charge is 2.34. The summed E-state index contributed by atoms with van der Waals surface area (Å²) < 4.78 is 5.39. The lowest BCUT2D eigenvalue weighted by atomic mass is 9.91. The fourth-order valence-corrected chi connectivity index (χ4v) is 5.45. The van der Waals surface area contributed by atoms with Crippen LogP contribution in [0.5, 0.6) is 0 Å². The molecule has 146 valence electrons. The van der Waals surface area contributed by atoms with E-state index in [2.05, 4.69) is 24.1 Å². The number of nitrogens with one attached hydrogen (secondary N) is 1. The quantitative estimate of drug-likeness (QED) is 0.842. The van der Waals surface area contributed by atoms with Gasteiger partial charge in [0.25, 0.3) is 11.8 Å². The Kier molecular flexibility index (Phi) is 5.43. The first-order valence-corrected chi connectivity index (χ1v) is 10.6. The van der Waals surface area contributed by atoms with Gasteiger partial charge >= 0.3 is 0 Å². The molecule has 0 aromatic heterocycles. The van der Waals surface area contributed by atoms with Crippen molar-refractivity contribution in [2.75, 3.05) is 44.7 Å². The van der Waals surface area contributed by atoms with Crippen LogP contribution >= 0.6 is 11.8 Å². The van der Waals surface area contributed by atoms with Gasteiger partial charge < -0.3 is 15.0 Å². The summed E-state index contributed by atoms with van der Waals surface area (Å²) in [5.74, 6) is 1.10. The summed E-state index contributed by atoms with van der Waals surface area (Å²) in [6, 6.07) is 5.70. The molecule has 27 heavy (non-hydrogen) atoms. The molecule has 1 aromatic carbocycles. The van der Waals surface area contributed by atoms with Crippen LogP contribution in [-0.2, 0) is 9.53 Å². The summed E-state index contributed by atoms with van der Waals surface area (Å²) in [7, 11) is 0. The number of nitrogens with zero attached hydrogens (tertiary/aromatic N) is 2. The second kappa shape index (κ2) is 7.81. The van der Waals surface area contributed by atoms with Crippen LogP contribution in [0.25, 0.3) is 0 Å². The molecular weight excluding hydrogens is 362 g/mol. The largest absolute Gasteiger partial charge is 0.379 e. The molecule has 0 saturated carbocycles. The summed E-state index contributed by atoms with van der Waals surface area (Å²) in [6.45, 7) is 8.87. The fraction of sp³-hybridized carbons (Fsp3) is 0.600. The zero-order valence-corrected chi connectivity index (χ0v) is 16.8. The molecule has 6 nitrogen and oxygen atoms in total. The number of morpholine rings is 1. The van der Waals surface area contributed by atoms with Gasteiger partial charge in [0.2, 0.25) is 0 Å². The number of thioether (sulfide) groups is 1. The molecular formula is C20H27N3O3S. The van der Waals surface area contributed by atoms with Gasteiger partial charge in [-0.3, -0.25) is 14.5 Å². The lowest BCUT2D eigenvalue weighted by Crippen LogP contribution is -2.48. The number of rotatable bonds is 2. The number of fused-ring (bicyclic) bond motifs is 1. The molecule has 3 unspecified atom stereocenters. The van der Waals surface area contributed by atoms with Crippen molar-refractivity contribution < 1.29 is 14.3 Å². The third-order valence-corrected chi connectivity index (χ3v) is 6.83. The molecule has 3 atom stereocenters. The number of amides is 2. The van der Waals surface area contributed by atoms with Crippen molar-refractivity contribution in [2.24, 2.45) is 11.8 Å². The molecule has 4 rings (SSSR count). The van der Waals surface area contributed by atoms with Crippen LogP contribution in [0.15, 0.2) is 23.1 Å². The molecule has 3 aliphatic rings. The summed E-state index contributed by atoms with van der Waals surface area (Å²) in [5.41, 5.74) is 1.40. The van der Waals surface area contributed by atoms with Crippen molar-refractivity contribution in [1.29, 1.82) is 0 Å². The van der Waals surface area contributed by atoms with Crippen LogP contribution in [0.2, 0.25) is 0 Å². The SMILES string of the molecule is CC1CC(C)CN(C(=O)c2ccc3c(c2)NC(=O)C(N2CCOCC2)S3)C1. The van der Waals surface area contributed by atoms with Crippen LogP contribution < -0.4 is 5.32 Å². The van der Waals surface area contributed by atoms with Gasteiger partial charge in [0, 0.05) is 36.6 Å². The predicted octanol–water partition coefficient (Wildman–Crippen LogP) is 2.51. The molecule has 0 radical (unpaired) electrons. The van der Waals surface area contributed by atoms with Gasteiger partial charge in [-0.2, -0.15) is 0 Å². The Balaban J connectivity index is 1.50. The number of anilines is 1. The molecule has 0 spiro atoms. The first-order chi connectivity index (χ1) is 13.0. The first-order valence-electron chi connectivity index (χ1n) is 9.74. The number of hydrogen-bond acceptors (Lipinski definition) is 5. The summed E-state index contributed by atoms with van der Waals surface area (Å²) in [5, 5.41) is 2.78. The zero-order valence-electron chi connectivity index (χ0n) is 15.9. The average molecular weight is 390 g/mol. The van der Waals surface area contributed by atoms with Gasteiger partial charge in [-0.15, -0.1) is 0 Å². The van der Waals surface area contributed by atoms with Crippen molar-refractivity contribution in [3.63, 3.8) is 0 Å². The molecule has 2 amide bonds. The van der Waals surface area contributed by atoms with Crippen molar-refractivity contribution in [1.82, 2.24) is 9.80 Å². The summed E-state index contributed by atoms with van der Waals surface area (Å²) >= 11 is 1.56. The summed E-state index contributed by atoms with van der Waals surface area (Å²) in [6.07, 6.45) is 1.17. The highest BCUT2D eigenvalue weighted by atomic mass is 32.2. The second-order valence-corrected chi connectivity index (χ2v) is 9.10. The smallest absolute Gasteiger partial charge is 0.253 e. The van der Waals surface area contributed by atoms with Crippen LogP contribution in [-0.4, -0.2) is 66.4 Å². The van der Waals surface area contributed by atoms with Gasteiger partial charge in [0.1, 0.15) is 5.37 Å². The van der Waals surface area contributed by atoms with Gasteiger partial charge in [-0.25, -0.2) is 0 Å². The molecule has 1 aromatic rings. The highest BCUT2D eigenvalue weighted by molar-refractivity contribution is 8.00. The van der Waals surface area contributed by atoms with E-state index in [0.29, 0.717) is 30.6 Å². The van der Waals surface area contributed by atoms with E-state index in [1.807, 2.05) is 23.1 Å². The Morgan fingerprint density at radius 1 is 1.19 bits per heavy atom. The maximum Gasteiger partial charge on any atom is 0.253 e. The molecule has 2 saturated heterocycles. The van der Waals surface area contributed by atoms with E-state index >= 15 is 0 Å². The van der Waals surface area contributed by atoms with Crippen molar-refractivity contribution >= 4 is 29.3 Å². The second-order valence-electron chi connectivity index (χ2n) is 7.97. The van der Waals surface area contributed by atoms with Crippen LogP contribution in [0.4, 0.5) is 5.69 Å². The number of piperidine rings is 1. The Morgan fingerprint density at radius 3 is 2.59 bits per heavy atom. The molecule has 1 N–H and O–H groups in total. The Labute approximate surface area is 164 Å². The third-order valence-electron chi connectivity index (χ3n) is 5.48. The molecule has 0 bridgehead atoms. The maximum absolute atomic E-state index is 13.0. The van der Waals surface area contributed by atoms with Gasteiger partial charge in [-0.1, -0.05) is 25.6 Å². The normalized spacial score (nSPS) is 29.2. The van der Waals surface area contributed by atoms with Crippen molar-refractivity contribution in [2.45, 2.75) is 30.5 Å². The van der Waals surface area contributed by atoms with E-state index in [-0.39, 0.29) is 17.2 Å². The number of carbonyl (C=O) groups is 2. The number of ether oxygens (including phenoxy) is 1. The highest BCUT2D eigenvalue weighted by Crippen LogP contribution is 2.38. The van der Waals surface area contributed by atoms with E-state index in [1.54, 1.807) is 11.8 Å². The van der Waals surface area contributed by atoms with Crippen LogP contribution in [0.1, 0.15) is 30.6 Å². The van der Waals surface area contributed by atoms with Gasteiger partial charge in [0.05, 0.1) is 18.9 Å². The number of benzene rings is 1. The zero-order chi connectivity index (χ0) is 19.0. The Morgan fingerprint density at radius 2 is 1.89 bits per heavy atom. The molecule has 3 aliphatic heterocycles. The topological polar surface area (TPSA) is 61.9 Å². The van der Waals surface area contributed by atoms with E-state index < -0.39 is 0 Å². The lowest BCUT2D eigenvalue weighted by Gasteiger charge is -2.36. The van der Waals surface area contributed by atoms with E-state index in [9.17, 15) is 9.59 Å². The monoisotopic (exact) mass is 389 g/mol. The standard InChI is InChI=1S/C20H27N3O3S/c1-13-9-14(2)12-23(11-13)19(25)15-3-4-17-16(10-15)21-18(24)20(27-17)22-5-7-26-8-6-22/h3-4,10,13-14,20H,5-9,11-12H2,1-2H3,(H,21,24). The van der Waals surface area contributed by atoms with E-state index in [0.717, 1.165) is 36.8 Å². The van der Waals surface area contributed by atoms with E-state index in [1.165, 1.54) is 6.42 Å². The lowest BCUT2D eigenvalue weighted by molar-refractivity contribution is -0.119. The number of hydrogen-bond donors (Lipinski definition) is 1. The minimum Gasteiger partial charge on any atom is -0.379 e. The minimum atomic E-state index is -0.230. The fourth-order valence-electron chi connectivity index (χ4n) is 4.30. The summed E-state index contributed by atoms with van der Waals surface area (Å²) in [4.78, 5) is 30.7. The molecule has 2 fully saturated rings. The molecule has 7 heteroatoms. The predicted molar refractivity (Wildman–Crippen MR) is 106 cm³/mol. The minimum absolute atomic E-state index is 0.0146. The van der Waals surface area contributed by atoms with Crippen molar-refractivity contribution in [3.05, 3.63) is 23.8 Å². The number of carbonyl (C=O) groups excluding carboxylic acids is 2. The average Bonchev–Trinajstić information content (AvgIpc) is 2.66. The van der Waals surface area contributed by atoms with E-state index in [4.69, 9.17) is 4.74 Å². The Hall–Kier alpha value is -1.57. The van der Waals surface area contributed by atoms with Crippen LogP contribution in [0, 0.1) is 11.8 Å². The molecule has 0 aliphatic carbocycles. The third kappa shape index (κ3) is 4.00. The first kappa shape index (κ1) is 18.8. The van der Waals surface area contributed by atoms with Gasteiger partial charge in [-0.05, 0) is 36.5 Å². The Bertz CT molecular complexity index is 725. The van der Waals surface area contributed by atoms with Crippen LogP contribution in [0.3, 0.4) is 0 Å². The molecule has 3 heterocycles.